The molecule has 3 aromatic rings. The molecule has 5 aliphatic rings. The highest BCUT2D eigenvalue weighted by Crippen LogP contribution is 2.61. The van der Waals surface area contributed by atoms with Crippen molar-refractivity contribution in [2.24, 2.45) is 29.1 Å². The van der Waals surface area contributed by atoms with Crippen LogP contribution in [0.2, 0.25) is 0 Å². The molecule has 0 aliphatic heterocycles. The van der Waals surface area contributed by atoms with Crippen molar-refractivity contribution in [3.63, 3.8) is 0 Å². The zero-order valence-corrected chi connectivity index (χ0v) is 29.1. The molecule has 0 amide bonds. The average molecular weight is 718 g/mol. The number of carbonyl (C=O) groups excluding carboxylic acids is 1. The number of hydrogen-bond donors (Lipinski definition) is 0. The fraction of sp³-hybridized carbons (Fsp3) is 0.541. The molecule has 0 spiro atoms. The summed E-state index contributed by atoms with van der Waals surface area (Å²) in [5, 5.41) is 0.889. The van der Waals surface area contributed by atoms with Gasteiger partial charge < -0.3 is 18.8 Å². The first kappa shape index (κ1) is 34.5. The third-order valence-electron chi connectivity index (χ3n) is 11.4. The molecule has 0 saturated heterocycles. The largest absolute Gasteiger partial charge is 0.744 e. The number of ether oxygens (including phenoxy) is 3. The SMILES string of the molecule is CC(C)C1(Oc2cc(C(=O)OC3C4CC5CC3CC(COc3ccc(S(=O)(=O)[O-])c6ccccc36)(C5)C4)ccc2SC(F)(F)F)CCCC1. The van der Waals surface area contributed by atoms with Gasteiger partial charge in [-0.25, -0.2) is 13.2 Å². The van der Waals surface area contributed by atoms with Gasteiger partial charge in [-0.1, -0.05) is 38.1 Å². The second-order valence-electron chi connectivity index (χ2n) is 14.9. The van der Waals surface area contributed by atoms with Crippen molar-refractivity contribution in [2.45, 2.75) is 98.6 Å². The summed E-state index contributed by atoms with van der Waals surface area (Å²) in [5.41, 5.74) is -5.04. The van der Waals surface area contributed by atoms with E-state index >= 15 is 0 Å². The first-order valence-corrected chi connectivity index (χ1v) is 19.3. The lowest BCUT2D eigenvalue weighted by atomic mass is 9.49. The van der Waals surface area contributed by atoms with E-state index in [0.717, 1.165) is 57.8 Å². The Morgan fingerprint density at radius 1 is 0.959 bits per heavy atom. The Balaban J connectivity index is 1.08. The van der Waals surface area contributed by atoms with E-state index in [1.807, 2.05) is 13.8 Å². The number of carbonyl (C=O) groups is 1. The zero-order chi connectivity index (χ0) is 34.8. The normalized spacial score (nSPS) is 27.5. The van der Waals surface area contributed by atoms with E-state index in [1.54, 1.807) is 30.3 Å². The average Bonchev–Trinajstić information content (AvgIpc) is 3.51. The first-order chi connectivity index (χ1) is 23.1. The molecular weight excluding hydrogens is 678 g/mol. The molecule has 5 fully saturated rings. The number of halogens is 3. The van der Waals surface area contributed by atoms with Gasteiger partial charge in [0.2, 0.25) is 0 Å². The predicted octanol–water partition coefficient (Wildman–Crippen LogP) is 9.13. The number of rotatable bonds is 10. The Labute approximate surface area is 289 Å². The van der Waals surface area contributed by atoms with E-state index in [9.17, 15) is 30.9 Å². The van der Waals surface area contributed by atoms with Gasteiger partial charge in [0.05, 0.1) is 22.0 Å². The molecule has 5 saturated carbocycles. The van der Waals surface area contributed by atoms with Crippen LogP contribution in [0, 0.1) is 29.1 Å². The van der Waals surface area contributed by atoms with Crippen molar-refractivity contribution >= 4 is 38.6 Å². The minimum atomic E-state index is -4.66. The van der Waals surface area contributed by atoms with Gasteiger partial charge in [0, 0.05) is 16.2 Å². The highest BCUT2D eigenvalue weighted by Gasteiger charge is 2.57. The molecule has 0 heterocycles. The summed E-state index contributed by atoms with van der Waals surface area (Å²) in [4.78, 5) is 13.3. The molecule has 8 rings (SSSR count). The zero-order valence-electron chi connectivity index (χ0n) is 27.5. The summed E-state index contributed by atoms with van der Waals surface area (Å²) < 4.78 is 95.1. The smallest absolute Gasteiger partial charge is 0.446 e. The predicted molar refractivity (Wildman–Crippen MR) is 178 cm³/mol. The van der Waals surface area contributed by atoms with Crippen LogP contribution in [0.25, 0.3) is 10.8 Å². The molecule has 7 nitrogen and oxygen atoms in total. The molecule has 12 heteroatoms. The summed E-state index contributed by atoms with van der Waals surface area (Å²) >= 11 is -0.229. The van der Waals surface area contributed by atoms with Gasteiger partial charge in [0.15, 0.2) is 0 Å². The Hall–Kier alpha value is -2.96. The third kappa shape index (κ3) is 6.89. The van der Waals surface area contributed by atoms with E-state index in [1.165, 1.54) is 24.3 Å². The Bertz CT molecular complexity index is 1840. The van der Waals surface area contributed by atoms with Crippen LogP contribution in [0.1, 0.15) is 82.0 Å². The van der Waals surface area contributed by atoms with Crippen molar-refractivity contribution in [3.05, 3.63) is 60.2 Å². The lowest BCUT2D eigenvalue weighted by Gasteiger charge is -2.59. The molecule has 264 valence electrons. The van der Waals surface area contributed by atoms with Gasteiger partial charge in [0.25, 0.3) is 0 Å². The number of fused-ring (bicyclic) bond motifs is 1. The van der Waals surface area contributed by atoms with Crippen LogP contribution in [0.4, 0.5) is 13.2 Å². The standard InChI is InChI=1S/C37H41F3O7S2/c1-22(2)36(13-5-6-14-36)47-30-17-24(9-11-31(30)48-37(38,39)40)34(41)46-33-25-15-23-16-26(33)20-35(18-23,19-25)21-45-29-10-12-32(49(42,43)44)28-8-4-3-7-27(28)29/h3-4,7-12,17,22-23,25-26,33H,5-6,13-16,18-21H2,1-2H3,(H,42,43,44)/p-1. The molecule has 2 atom stereocenters. The third-order valence-corrected chi connectivity index (χ3v) is 13.1. The molecule has 0 aromatic heterocycles. The fourth-order valence-corrected chi connectivity index (χ4v) is 10.7. The summed E-state index contributed by atoms with van der Waals surface area (Å²) in [7, 11) is -4.66. The van der Waals surface area contributed by atoms with E-state index in [2.05, 4.69) is 0 Å². The van der Waals surface area contributed by atoms with Crippen LogP contribution in [-0.4, -0.2) is 42.8 Å². The van der Waals surface area contributed by atoms with Crippen molar-refractivity contribution in [2.75, 3.05) is 6.61 Å². The van der Waals surface area contributed by atoms with E-state index < -0.39 is 27.2 Å². The molecule has 0 N–H and O–H groups in total. The number of esters is 1. The summed E-state index contributed by atoms with van der Waals surface area (Å²) in [6.45, 7) is 4.45. The molecule has 49 heavy (non-hydrogen) atoms. The van der Waals surface area contributed by atoms with Crippen molar-refractivity contribution in [1.82, 2.24) is 0 Å². The van der Waals surface area contributed by atoms with Crippen molar-refractivity contribution in [1.29, 1.82) is 0 Å². The molecule has 3 aromatic carbocycles. The van der Waals surface area contributed by atoms with E-state index in [4.69, 9.17) is 14.2 Å². The Morgan fingerprint density at radius 3 is 2.27 bits per heavy atom. The highest BCUT2D eigenvalue weighted by molar-refractivity contribution is 8.00. The number of hydrogen-bond acceptors (Lipinski definition) is 8. The summed E-state index contributed by atoms with van der Waals surface area (Å²) in [5.74, 6) is 0.847. The molecule has 2 unspecified atom stereocenters. The second-order valence-corrected chi connectivity index (χ2v) is 17.4. The van der Waals surface area contributed by atoms with Gasteiger partial charge in [-0.3, -0.25) is 0 Å². The van der Waals surface area contributed by atoms with E-state index in [-0.39, 0.29) is 62.1 Å². The Kier molecular flexibility index (Phi) is 8.92. The molecular formula is C37H40F3O7S2-. The first-order valence-electron chi connectivity index (χ1n) is 17.0. The van der Waals surface area contributed by atoms with Crippen LogP contribution >= 0.6 is 11.8 Å². The number of thioether (sulfide) groups is 1. The Morgan fingerprint density at radius 2 is 1.63 bits per heavy atom. The maximum atomic E-state index is 13.7. The van der Waals surface area contributed by atoms with Crippen LogP contribution in [0.3, 0.4) is 0 Å². The topological polar surface area (TPSA) is 102 Å². The monoisotopic (exact) mass is 717 g/mol. The molecule has 5 aliphatic carbocycles. The maximum Gasteiger partial charge on any atom is 0.446 e. The lowest BCUT2D eigenvalue weighted by molar-refractivity contribution is -0.148. The fourth-order valence-electron chi connectivity index (χ4n) is 9.44. The molecule has 4 bridgehead atoms. The highest BCUT2D eigenvalue weighted by atomic mass is 32.2. The van der Waals surface area contributed by atoms with Gasteiger partial charge in [-0.05, 0) is 124 Å². The summed E-state index contributed by atoms with van der Waals surface area (Å²) in [6, 6.07) is 13.8. The molecule has 0 radical (unpaired) electrons. The number of alkyl halides is 3. The quantitative estimate of drug-likeness (QED) is 0.116. The van der Waals surface area contributed by atoms with Crippen molar-refractivity contribution < 1.29 is 45.1 Å². The van der Waals surface area contributed by atoms with Gasteiger partial charge >= 0.3 is 11.5 Å². The minimum absolute atomic E-state index is 0.0652. The lowest BCUT2D eigenvalue weighted by Crippen LogP contribution is -2.56. The van der Waals surface area contributed by atoms with Crippen LogP contribution in [-0.2, 0) is 14.9 Å². The van der Waals surface area contributed by atoms with E-state index in [0.29, 0.717) is 29.0 Å². The minimum Gasteiger partial charge on any atom is -0.744 e. The maximum absolute atomic E-state index is 13.7. The second kappa shape index (κ2) is 12.7. The number of benzene rings is 3. The van der Waals surface area contributed by atoms with Crippen LogP contribution in [0.5, 0.6) is 11.5 Å². The van der Waals surface area contributed by atoms with Crippen LogP contribution in [0.15, 0.2) is 64.4 Å². The van der Waals surface area contributed by atoms with Crippen LogP contribution < -0.4 is 9.47 Å². The van der Waals surface area contributed by atoms with Gasteiger partial charge in [0.1, 0.15) is 33.3 Å². The summed E-state index contributed by atoms with van der Waals surface area (Å²) in [6.07, 6.45) is 7.53. The van der Waals surface area contributed by atoms with Gasteiger partial charge in [-0.15, -0.1) is 0 Å². The van der Waals surface area contributed by atoms with Crippen molar-refractivity contribution in [3.8, 4) is 11.5 Å². The van der Waals surface area contributed by atoms with Gasteiger partial charge in [-0.2, -0.15) is 13.2 Å².